The van der Waals surface area contributed by atoms with E-state index in [0.717, 1.165) is 11.3 Å². The van der Waals surface area contributed by atoms with E-state index in [1.807, 2.05) is 0 Å². The summed E-state index contributed by atoms with van der Waals surface area (Å²) in [5.74, 6) is -3.53. The van der Waals surface area contributed by atoms with Crippen LogP contribution in [0.2, 0.25) is 0 Å². The quantitative estimate of drug-likeness (QED) is 0.0854. The number of aliphatic carboxylic acids is 1. The number of carboxylic acid groups (broad SMARTS) is 1. The Hall–Kier alpha value is -3.68. The van der Waals surface area contributed by atoms with Crippen LogP contribution < -0.4 is 16.8 Å². The van der Waals surface area contributed by atoms with Crippen molar-refractivity contribution in [2.24, 2.45) is 10.9 Å². The lowest BCUT2D eigenvalue weighted by atomic mass is 9.98. The number of carbonyl (C=O) groups is 3. The van der Waals surface area contributed by atoms with Crippen molar-refractivity contribution in [3.05, 3.63) is 23.0 Å². The summed E-state index contributed by atoms with van der Waals surface area (Å²) in [7, 11) is -4.96. The number of hydrogen-bond donors (Lipinski definition) is 5. The third-order valence-electron chi connectivity index (χ3n) is 4.92. The maximum atomic E-state index is 13.1. The van der Waals surface area contributed by atoms with E-state index in [9.17, 15) is 32.5 Å². The summed E-state index contributed by atoms with van der Waals surface area (Å²) in [4.78, 5) is 45.9. The van der Waals surface area contributed by atoms with Gasteiger partial charge in [-0.05, 0) is 20.4 Å². The van der Waals surface area contributed by atoms with Gasteiger partial charge >= 0.3 is 16.3 Å². The molecule has 3 heterocycles. The number of β-lactam (4-membered cyclic amide) rings is 1. The van der Waals surface area contributed by atoms with Crippen LogP contribution in [-0.4, -0.2) is 90.1 Å². The molecule has 1 saturated heterocycles. The molecule has 2 aromatic rings. The van der Waals surface area contributed by atoms with Crippen molar-refractivity contribution in [2.75, 3.05) is 12.3 Å². The second-order valence-electron chi connectivity index (χ2n) is 8.02. The Morgan fingerprint density at radius 3 is 2.64 bits per heavy atom. The fourth-order valence-electron chi connectivity index (χ4n) is 3.03. The van der Waals surface area contributed by atoms with Crippen LogP contribution in [0.5, 0.6) is 0 Å². The summed E-state index contributed by atoms with van der Waals surface area (Å²) in [6, 6.07) is -2.71. The van der Waals surface area contributed by atoms with Crippen molar-refractivity contribution in [3.8, 4) is 0 Å². The first kappa shape index (κ1) is 26.9. The molecule has 1 fully saturated rings. The molecule has 1 aliphatic rings. The van der Waals surface area contributed by atoms with Gasteiger partial charge in [0.05, 0.1) is 18.3 Å². The van der Waals surface area contributed by atoms with E-state index in [1.165, 1.54) is 30.1 Å². The Labute approximate surface area is 208 Å². The SMILES string of the molecule is CC(C)(ON=C(C(=O)NC1C(=O)N(S(=O)(=O)O)C1Cn1cc(CCN)nn1)c1csc(N)n1)C(=O)O. The van der Waals surface area contributed by atoms with Gasteiger partial charge in [0.25, 0.3) is 11.8 Å². The maximum absolute atomic E-state index is 13.1. The topological polar surface area (TPSA) is 258 Å². The van der Waals surface area contributed by atoms with Gasteiger partial charge in [-0.3, -0.25) is 18.8 Å². The van der Waals surface area contributed by atoms with Crippen molar-refractivity contribution in [3.63, 3.8) is 0 Å². The van der Waals surface area contributed by atoms with E-state index in [2.05, 4.69) is 25.8 Å². The predicted octanol–water partition coefficient (Wildman–Crippen LogP) is -2.40. The average Bonchev–Trinajstić information content (AvgIpc) is 3.39. The number of carboxylic acids is 1. The number of thiazole rings is 1. The molecule has 0 radical (unpaired) electrons. The lowest BCUT2D eigenvalue weighted by Crippen LogP contribution is -2.73. The molecule has 0 bridgehead atoms. The summed E-state index contributed by atoms with van der Waals surface area (Å²) in [5, 5.41) is 24.3. The Bertz CT molecular complexity index is 1300. The molecule has 0 aliphatic carbocycles. The average molecular weight is 546 g/mol. The maximum Gasteiger partial charge on any atom is 0.362 e. The van der Waals surface area contributed by atoms with Crippen LogP contribution in [0.4, 0.5) is 5.13 Å². The first-order chi connectivity index (χ1) is 16.7. The zero-order valence-electron chi connectivity index (χ0n) is 18.9. The van der Waals surface area contributed by atoms with Crippen molar-refractivity contribution in [1.29, 1.82) is 0 Å². The Balaban J connectivity index is 1.88. The fraction of sp³-hybridized carbons (Fsp3) is 0.471. The van der Waals surface area contributed by atoms with E-state index >= 15 is 0 Å². The number of hydrogen-bond acceptors (Lipinski definition) is 13. The Kier molecular flexibility index (Phi) is 7.57. The highest BCUT2D eigenvalue weighted by molar-refractivity contribution is 7.84. The number of aromatic nitrogens is 4. The van der Waals surface area contributed by atoms with Crippen LogP contribution >= 0.6 is 11.3 Å². The number of nitrogens with one attached hydrogen (secondary N) is 1. The van der Waals surface area contributed by atoms with E-state index in [4.69, 9.17) is 16.3 Å². The van der Waals surface area contributed by atoms with Crippen LogP contribution in [0, 0.1) is 0 Å². The number of nitrogen functional groups attached to an aromatic ring is 1. The van der Waals surface area contributed by atoms with Gasteiger partial charge in [0.2, 0.25) is 5.60 Å². The van der Waals surface area contributed by atoms with Gasteiger partial charge in [-0.15, -0.1) is 16.4 Å². The van der Waals surface area contributed by atoms with Gasteiger partial charge in [0.15, 0.2) is 10.8 Å². The second-order valence-corrected chi connectivity index (χ2v) is 10.2. The van der Waals surface area contributed by atoms with E-state index in [1.54, 1.807) is 0 Å². The van der Waals surface area contributed by atoms with Crippen LogP contribution in [0.3, 0.4) is 0 Å². The number of rotatable bonds is 11. The van der Waals surface area contributed by atoms with Gasteiger partial charge in [-0.2, -0.15) is 8.42 Å². The zero-order valence-corrected chi connectivity index (χ0v) is 20.6. The molecule has 17 nitrogen and oxygen atoms in total. The largest absolute Gasteiger partial charge is 0.478 e. The summed E-state index contributed by atoms with van der Waals surface area (Å²) >= 11 is 0.960. The molecular weight excluding hydrogens is 522 g/mol. The number of anilines is 1. The second kappa shape index (κ2) is 10.1. The van der Waals surface area contributed by atoms with Gasteiger partial charge < -0.3 is 26.7 Å². The monoisotopic (exact) mass is 545 g/mol. The molecule has 196 valence electrons. The minimum atomic E-state index is -4.96. The molecule has 36 heavy (non-hydrogen) atoms. The standard InChI is InChI=1S/C17H23N9O8S2/c1-17(2,15(29)30)34-23-11(9-7-35-16(19)20-9)13(27)21-12-10(26(14(12)28)36(31,32)33)6-25-5-8(3-4-18)22-24-25/h5,7,10,12H,3-4,6,18H2,1-2H3,(H2,19,20)(H,21,27)(H,29,30)(H,31,32,33). The number of carbonyl (C=O) groups excluding carboxylic acids is 2. The highest BCUT2D eigenvalue weighted by atomic mass is 32.2. The third kappa shape index (κ3) is 5.75. The molecule has 0 aromatic carbocycles. The minimum absolute atomic E-state index is 0.0672. The highest BCUT2D eigenvalue weighted by Crippen LogP contribution is 2.25. The lowest BCUT2D eigenvalue weighted by molar-refractivity contribution is -0.161. The van der Waals surface area contributed by atoms with Gasteiger partial charge in [-0.25, -0.2) is 14.1 Å². The predicted molar refractivity (Wildman–Crippen MR) is 123 cm³/mol. The minimum Gasteiger partial charge on any atom is -0.478 e. The smallest absolute Gasteiger partial charge is 0.362 e. The molecule has 0 spiro atoms. The molecule has 1 aliphatic heterocycles. The number of amides is 2. The number of nitrogens with two attached hydrogens (primary N) is 2. The molecule has 2 amide bonds. The van der Waals surface area contributed by atoms with Crippen LogP contribution in [0.25, 0.3) is 0 Å². The van der Waals surface area contributed by atoms with Crippen LogP contribution in [-0.2, 0) is 42.5 Å². The molecule has 2 unspecified atom stereocenters. The molecular formula is C17H23N9O8S2. The molecule has 2 aromatic heterocycles. The van der Waals surface area contributed by atoms with Crippen molar-refractivity contribution in [1.82, 2.24) is 29.6 Å². The van der Waals surface area contributed by atoms with Crippen molar-refractivity contribution >= 4 is 50.3 Å². The Morgan fingerprint density at radius 2 is 2.08 bits per heavy atom. The summed E-state index contributed by atoms with van der Waals surface area (Å²) in [5.41, 5.74) is 9.18. The normalized spacial score (nSPS) is 18.6. The fourth-order valence-corrected chi connectivity index (χ4v) is 4.45. The van der Waals surface area contributed by atoms with Crippen LogP contribution in [0.15, 0.2) is 16.7 Å². The summed E-state index contributed by atoms with van der Waals surface area (Å²) < 4.78 is 34.4. The molecule has 3 rings (SSSR count). The third-order valence-corrected chi connectivity index (χ3v) is 6.55. The first-order valence-electron chi connectivity index (χ1n) is 10.2. The number of nitrogens with zero attached hydrogens (tertiary/aromatic N) is 6. The van der Waals surface area contributed by atoms with Crippen LogP contribution in [0.1, 0.15) is 25.2 Å². The molecule has 2 atom stereocenters. The molecule has 0 saturated carbocycles. The highest BCUT2D eigenvalue weighted by Gasteiger charge is 2.54. The number of oxime groups is 1. The first-order valence-corrected chi connectivity index (χ1v) is 12.4. The summed E-state index contributed by atoms with van der Waals surface area (Å²) in [6.07, 6.45) is 1.87. The Morgan fingerprint density at radius 1 is 1.39 bits per heavy atom. The van der Waals surface area contributed by atoms with Crippen molar-refractivity contribution in [2.45, 2.75) is 44.5 Å². The van der Waals surface area contributed by atoms with E-state index < -0.39 is 51.5 Å². The molecule has 19 heteroatoms. The zero-order chi connectivity index (χ0) is 26.8. The molecule has 7 N–H and O–H groups in total. The van der Waals surface area contributed by atoms with Gasteiger partial charge in [0, 0.05) is 18.0 Å². The summed E-state index contributed by atoms with van der Waals surface area (Å²) in [6.45, 7) is 2.42. The lowest BCUT2D eigenvalue weighted by Gasteiger charge is -2.43. The van der Waals surface area contributed by atoms with E-state index in [0.29, 0.717) is 18.7 Å². The van der Waals surface area contributed by atoms with Crippen molar-refractivity contribution < 1.29 is 37.3 Å². The van der Waals surface area contributed by atoms with Gasteiger partial charge in [-0.1, -0.05) is 10.4 Å². The van der Waals surface area contributed by atoms with E-state index in [-0.39, 0.29) is 21.7 Å². The van der Waals surface area contributed by atoms with Gasteiger partial charge in [0.1, 0.15) is 11.7 Å².